The first kappa shape index (κ1) is 13.5. The molecule has 2 nitrogen and oxygen atoms in total. The Hall–Kier alpha value is -0.550. The van der Waals surface area contributed by atoms with E-state index in [0.29, 0.717) is 6.04 Å². The van der Waals surface area contributed by atoms with Gasteiger partial charge in [-0.25, -0.2) is 0 Å². The normalized spacial score (nSPS) is 20.0. The largest absolute Gasteiger partial charge is 0.299 e. The van der Waals surface area contributed by atoms with Gasteiger partial charge in [0.15, 0.2) is 0 Å². The topological polar surface area (TPSA) is 35.8 Å². The first-order chi connectivity index (χ1) is 7.86. The molecule has 1 rings (SSSR count). The number of unbranched alkanes of at least 4 members (excludes halogenated alkanes) is 2. The quantitative estimate of drug-likeness (QED) is 0.548. The van der Waals surface area contributed by atoms with E-state index >= 15 is 0 Å². The summed E-state index contributed by atoms with van der Waals surface area (Å²) in [5.41, 5.74) is 0. The molecule has 0 saturated heterocycles. The Morgan fingerprint density at radius 3 is 2.44 bits per heavy atom. The molecule has 2 heteroatoms. The van der Waals surface area contributed by atoms with Crippen LogP contribution in [0.15, 0.2) is 0 Å². The minimum atomic E-state index is 0.0923. The standard InChI is InChI=1S/C14H26N2/c1-2-3-6-11-14(12-15)16-13-9-7-4-5-8-10-13/h13-14,16H,2-11H2,1H3. The minimum absolute atomic E-state index is 0.0923. The highest BCUT2D eigenvalue weighted by Gasteiger charge is 2.16. The SMILES string of the molecule is CCCCCC(C#N)NC1CCCCCC1. The van der Waals surface area contributed by atoms with Gasteiger partial charge in [-0.05, 0) is 19.3 Å². The first-order valence-corrected chi connectivity index (χ1v) is 7.02. The van der Waals surface area contributed by atoms with Crippen LogP contribution >= 0.6 is 0 Å². The predicted molar refractivity (Wildman–Crippen MR) is 68.2 cm³/mol. The molecule has 1 fully saturated rings. The van der Waals surface area contributed by atoms with Crippen LogP contribution in [0, 0.1) is 11.3 Å². The maximum absolute atomic E-state index is 9.11. The van der Waals surface area contributed by atoms with Crippen LogP contribution in [0.1, 0.15) is 71.1 Å². The molecule has 1 saturated carbocycles. The van der Waals surface area contributed by atoms with Crippen molar-refractivity contribution in [2.24, 2.45) is 0 Å². The van der Waals surface area contributed by atoms with Crippen molar-refractivity contribution in [3.8, 4) is 6.07 Å². The molecule has 0 aromatic heterocycles. The average Bonchev–Trinajstić information content (AvgIpc) is 2.56. The monoisotopic (exact) mass is 222 g/mol. The molecule has 16 heavy (non-hydrogen) atoms. The van der Waals surface area contributed by atoms with Crippen LogP contribution in [-0.4, -0.2) is 12.1 Å². The molecule has 1 N–H and O–H groups in total. The summed E-state index contributed by atoms with van der Waals surface area (Å²) in [6, 6.07) is 3.12. The van der Waals surface area contributed by atoms with Gasteiger partial charge >= 0.3 is 0 Å². The number of nitriles is 1. The number of nitrogens with zero attached hydrogens (tertiary/aromatic N) is 1. The molecular weight excluding hydrogens is 196 g/mol. The lowest BCUT2D eigenvalue weighted by molar-refractivity contribution is 0.411. The van der Waals surface area contributed by atoms with Crippen LogP contribution < -0.4 is 5.32 Å². The van der Waals surface area contributed by atoms with Crippen LogP contribution in [-0.2, 0) is 0 Å². The van der Waals surface area contributed by atoms with E-state index in [1.54, 1.807) is 0 Å². The second-order valence-corrected chi connectivity index (χ2v) is 5.03. The molecule has 1 aliphatic rings. The molecule has 0 heterocycles. The van der Waals surface area contributed by atoms with Crippen molar-refractivity contribution in [3.05, 3.63) is 0 Å². The summed E-state index contributed by atoms with van der Waals surface area (Å²) in [7, 11) is 0. The van der Waals surface area contributed by atoms with Crippen LogP contribution in [0.25, 0.3) is 0 Å². The lowest BCUT2D eigenvalue weighted by Gasteiger charge is -2.20. The summed E-state index contributed by atoms with van der Waals surface area (Å²) in [5, 5.41) is 12.7. The highest BCUT2D eigenvalue weighted by molar-refractivity contribution is 4.92. The van der Waals surface area contributed by atoms with Gasteiger partial charge in [0.1, 0.15) is 0 Å². The Labute approximate surface area is 100 Å². The van der Waals surface area contributed by atoms with Gasteiger partial charge < -0.3 is 0 Å². The maximum atomic E-state index is 9.11. The zero-order valence-corrected chi connectivity index (χ0v) is 10.7. The van der Waals surface area contributed by atoms with Crippen LogP contribution in [0.4, 0.5) is 0 Å². The van der Waals surface area contributed by atoms with Crippen molar-refractivity contribution in [1.82, 2.24) is 5.32 Å². The lowest BCUT2D eigenvalue weighted by atomic mass is 10.0. The van der Waals surface area contributed by atoms with Crippen molar-refractivity contribution in [1.29, 1.82) is 5.26 Å². The molecule has 0 bridgehead atoms. The van der Waals surface area contributed by atoms with E-state index in [2.05, 4.69) is 18.3 Å². The maximum Gasteiger partial charge on any atom is 0.0955 e. The summed E-state index contributed by atoms with van der Waals surface area (Å²) in [6.07, 6.45) is 12.7. The van der Waals surface area contributed by atoms with Gasteiger partial charge in [0.25, 0.3) is 0 Å². The Morgan fingerprint density at radius 2 is 1.88 bits per heavy atom. The lowest BCUT2D eigenvalue weighted by Crippen LogP contribution is -2.37. The van der Waals surface area contributed by atoms with E-state index in [1.807, 2.05) is 0 Å². The minimum Gasteiger partial charge on any atom is -0.299 e. The van der Waals surface area contributed by atoms with E-state index in [4.69, 9.17) is 5.26 Å². The van der Waals surface area contributed by atoms with Gasteiger partial charge in [-0.3, -0.25) is 5.32 Å². The van der Waals surface area contributed by atoms with Crippen LogP contribution in [0.5, 0.6) is 0 Å². The van der Waals surface area contributed by atoms with Crippen molar-refractivity contribution in [2.45, 2.75) is 83.2 Å². The second kappa shape index (κ2) is 8.58. The molecule has 92 valence electrons. The summed E-state index contributed by atoms with van der Waals surface area (Å²) in [6.45, 7) is 2.21. The molecule has 0 radical (unpaired) electrons. The van der Waals surface area contributed by atoms with E-state index in [1.165, 1.54) is 57.8 Å². The third-order valence-electron chi connectivity index (χ3n) is 3.54. The number of hydrogen-bond donors (Lipinski definition) is 1. The predicted octanol–water partition coefficient (Wildman–Crippen LogP) is 3.77. The van der Waals surface area contributed by atoms with E-state index in [-0.39, 0.29) is 6.04 Å². The number of rotatable bonds is 6. The highest BCUT2D eigenvalue weighted by Crippen LogP contribution is 2.18. The van der Waals surface area contributed by atoms with Crippen LogP contribution in [0.3, 0.4) is 0 Å². The fourth-order valence-electron chi connectivity index (χ4n) is 2.51. The molecule has 0 aliphatic heterocycles. The van der Waals surface area contributed by atoms with Gasteiger partial charge in [0, 0.05) is 6.04 Å². The van der Waals surface area contributed by atoms with Gasteiger partial charge in [-0.1, -0.05) is 51.9 Å². The van der Waals surface area contributed by atoms with Crippen molar-refractivity contribution in [3.63, 3.8) is 0 Å². The Balaban J connectivity index is 2.22. The number of nitrogens with one attached hydrogen (secondary N) is 1. The first-order valence-electron chi connectivity index (χ1n) is 7.02. The molecule has 0 aromatic rings. The number of hydrogen-bond acceptors (Lipinski definition) is 2. The van der Waals surface area contributed by atoms with Gasteiger partial charge in [0.2, 0.25) is 0 Å². The van der Waals surface area contributed by atoms with Crippen LogP contribution in [0.2, 0.25) is 0 Å². The van der Waals surface area contributed by atoms with E-state index < -0.39 is 0 Å². The molecule has 0 aromatic carbocycles. The smallest absolute Gasteiger partial charge is 0.0955 e. The molecule has 0 spiro atoms. The molecule has 1 atom stereocenters. The van der Waals surface area contributed by atoms with Gasteiger partial charge in [0.05, 0.1) is 12.1 Å². The Morgan fingerprint density at radius 1 is 1.19 bits per heavy atom. The Kier molecular flexibility index (Phi) is 7.25. The van der Waals surface area contributed by atoms with Gasteiger partial charge in [-0.15, -0.1) is 0 Å². The molecule has 1 aliphatic carbocycles. The van der Waals surface area contributed by atoms with E-state index in [0.717, 1.165) is 6.42 Å². The molecular formula is C14H26N2. The summed E-state index contributed by atoms with van der Waals surface area (Å²) >= 11 is 0. The summed E-state index contributed by atoms with van der Waals surface area (Å²) in [5.74, 6) is 0. The highest BCUT2D eigenvalue weighted by atomic mass is 14.9. The fraction of sp³-hybridized carbons (Fsp3) is 0.929. The third kappa shape index (κ3) is 5.51. The second-order valence-electron chi connectivity index (χ2n) is 5.03. The average molecular weight is 222 g/mol. The zero-order valence-electron chi connectivity index (χ0n) is 10.7. The third-order valence-corrected chi connectivity index (χ3v) is 3.54. The van der Waals surface area contributed by atoms with Crippen molar-refractivity contribution in [2.75, 3.05) is 0 Å². The zero-order chi connectivity index (χ0) is 11.6. The molecule has 1 unspecified atom stereocenters. The van der Waals surface area contributed by atoms with Crippen molar-refractivity contribution < 1.29 is 0 Å². The fourth-order valence-corrected chi connectivity index (χ4v) is 2.51. The summed E-state index contributed by atoms with van der Waals surface area (Å²) < 4.78 is 0. The van der Waals surface area contributed by atoms with Crippen molar-refractivity contribution >= 4 is 0 Å². The summed E-state index contributed by atoms with van der Waals surface area (Å²) in [4.78, 5) is 0. The Bertz CT molecular complexity index is 199. The molecule has 0 amide bonds. The van der Waals surface area contributed by atoms with E-state index in [9.17, 15) is 0 Å². The van der Waals surface area contributed by atoms with Gasteiger partial charge in [-0.2, -0.15) is 5.26 Å².